The van der Waals surface area contributed by atoms with Crippen molar-refractivity contribution in [2.24, 2.45) is 0 Å². The van der Waals surface area contributed by atoms with Crippen LogP contribution >= 0.6 is 11.5 Å². The van der Waals surface area contributed by atoms with Crippen LogP contribution in [-0.2, 0) is 10.2 Å². The number of cyclic esters (lactones) is 1. The highest BCUT2D eigenvalue weighted by Gasteiger charge is 2.31. The number of hydrogen-bond donors (Lipinski definition) is 1. The molecule has 4 rings (SSSR count). The van der Waals surface area contributed by atoms with E-state index in [-0.39, 0.29) is 17.6 Å². The molecular weight excluding hydrogens is 362 g/mol. The molecule has 0 aliphatic carbocycles. The van der Waals surface area contributed by atoms with Crippen LogP contribution < -0.4 is 10.2 Å². The lowest BCUT2D eigenvalue weighted by molar-refractivity contribution is 0.179. The van der Waals surface area contributed by atoms with Crippen LogP contribution in [0.2, 0.25) is 0 Å². The van der Waals surface area contributed by atoms with Crippen molar-refractivity contribution in [1.29, 1.82) is 0 Å². The molecule has 1 saturated heterocycles. The number of hydrogen-bond acceptors (Lipinski definition) is 7. The van der Waals surface area contributed by atoms with E-state index in [0.29, 0.717) is 12.6 Å². The number of ether oxygens (including phenoxy) is 1. The third-order valence-corrected chi connectivity index (χ3v) is 5.15. The van der Waals surface area contributed by atoms with Gasteiger partial charge in [0, 0.05) is 22.7 Å². The van der Waals surface area contributed by atoms with E-state index in [1.54, 1.807) is 11.1 Å². The Morgan fingerprint density at radius 1 is 1.30 bits per heavy atom. The number of amides is 1. The summed E-state index contributed by atoms with van der Waals surface area (Å²) in [6, 6.07) is 7.72. The van der Waals surface area contributed by atoms with Gasteiger partial charge in [-0.05, 0) is 42.7 Å². The Balaban J connectivity index is 1.63. The summed E-state index contributed by atoms with van der Waals surface area (Å²) in [6.07, 6.45) is 1.44. The number of carbonyl (C=O) groups excluding carboxylic acids is 1. The molecule has 0 saturated carbocycles. The second-order valence-corrected chi connectivity index (χ2v) is 8.49. The van der Waals surface area contributed by atoms with E-state index in [4.69, 9.17) is 4.74 Å². The first-order valence-electron chi connectivity index (χ1n) is 8.78. The Labute approximate surface area is 161 Å². The van der Waals surface area contributed by atoms with Crippen molar-refractivity contribution in [2.75, 3.05) is 16.8 Å². The first kappa shape index (κ1) is 17.7. The van der Waals surface area contributed by atoms with Crippen molar-refractivity contribution in [1.82, 2.24) is 14.3 Å². The van der Waals surface area contributed by atoms with Gasteiger partial charge in [-0.25, -0.2) is 14.8 Å². The van der Waals surface area contributed by atoms with Crippen LogP contribution in [0, 0.1) is 0 Å². The lowest BCUT2D eigenvalue weighted by atomic mass is 9.92. The summed E-state index contributed by atoms with van der Waals surface area (Å²) in [5.74, 6) is 0.501. The molecule has 2 aromatic heterocycles. The molecule has 7 nitrogen and oxygen atoms in total. The van der Waals surface area contributed by atoms with Gasteiger partial charge < -0.3 is 10.1 Å². The zero-order valence-electron chi connectivity index (χ0n) is 15.7. The van der Waals surface area contributed by atoms with Crippen LogP contribution in [0.25, 0.3) is 10.9 Å². The Morgan fingerprint density at radius 3 is 2.78 bits per heavy atom. The maximum absolute atomic E-state index is 12.0. The monoisotopic (exact) mass is 383 g/mol. The zero-order valence-corrected chi connectivity index (χ0v) is 16.5. The molecule has 0 spiro atoms. The molecule has 1 amide bonds. The van der Waals surface area contributed by atoms with Crippen molar-refractivity contribution in [3.05, 3.63) is 36.2 Å². The molecule has 3 aromatic rings. The third-order valence-electron chi connectivity index (χ3n) is 4.44. The number of anilines is 3. The summed E-state index contributed by atoms with van der Waals surface area (Å²) in [7, 11) is 0. The van der Waals surface area contributed by atoms with Crippen LogP contribution in [0.15, 0.2) is 30.5 Å². The highest BCUT2D eigenvalue weighted by Crippen LogP contribution is 2.29. The summed E-state index contributed by atoms with van der Waals surface area (Å²) in [5.41, 5.74) is 2.56. The van der Waals surface area contributed by atoms with Gasteiger partial charge in [-0.1, -0.05) is 20.8 Å². The van der Waals surface area contributed by atoms with E-state index < -0.39 is 0 Å². The van der Waals surface area contributed by atoms with Gasteiger partial charge in [-0.15, -0.1) is 0 Å². The molecule has 140 valence electrons. The first-order chi connectivity index (χ1) is 12.8. The molecule has 0 radical (unpaired) electrons. The quantitative estimate of drug-likeness (QED) is 0.719. The molecule has 1 aromatic carbocycles. The summed E-state index contributed by atoms with van der Waals surface area (Å²) < 4.78 is 9.61. The average Bonchev–Trinajstić information content (AvgIpc) is 3.21. The van der Waals surface area contributed by atoms with E-state index >= 15 is 0 Å². The molecule has 27 heavy (non-hydrogen) atoms. The molecule has 1 aliphatic rings. The van der Waals surface area contributed by atoms with Crippen molar-refractivity contribution in [2.45, 2.75) is 39.2 Å². The second-order valence-electron chi connectivity index (χ2n) is 7.68. The molecule has 8 heteroatoms. The Kier molecular flexibility index (Phi) is 4.22. The topological polar surface area (TPSA) is 80.2 Å². The average molecular weight is 383 g/mol. The lowest BCUT2D eigenvalue weighted by Crippen LogP contribution is -2.30. The fourth-order valence-corrected chi connectivity index (χ4v) is 3.72. The van der Waals surface area contributed by atoms with Gasteiger partial charge in [-0.2, -0.15) is 4.37 Å². The van der Waals surface area contributed by atoms with Gasteiger partial charge in [0.2, 0.25) is 5.95 Å². The zero-order chi connectivity index (χ0) is 19.2. The van der Waals surface area contributed by atoms with Gasteiger partial charge in [0.25, 0.3) is 0 Å². The van der Waals surface area contributed by atoms with Gasteiger partial charge in [-0.3, -0.25) is 4.90 Å². The van der Waals surface area contributed by atoms with E-state index in [1.165, 1.54) is 11.5 Å². The fourth-order valence-electron chi connectivity index (χ4n) is 2.90. The number of benzene rings is 1. The maximum Gasteiger partial charge on any atom is 0.414 e. The van der Waals surface area contributed by atoms with Crippen LogP contribution in [0.3, 0.4) is 0 Å². The minimum absolute atomic E-state index is 0.00222. The number of carbonyl (C=O) groups is 1. The van der Waals surface area contributed by atoms with Crippen LogP contribution in [-0.4, -0.2) is 33.1 Å². The first-order valence-corrected chi connectivity index (χ1v) is 9.55. The van der Waals surface area contributed by atoms with Crippen molar-refractivity contribution in [3.63, 3.8) is 0 Å². The molecule has 1 fully saturated rings. The van der Waals surface area contributed by atoms with E-state index in [1.807, 2.05) is 31.2 Å². The second kappa shape index (κ2) is 6.45. The number of nitrogens with zero attached hydrogens (tertiary/aromatic N) is 4. The largest absolute Gasteiger partial charge is 0.447 e. The van der Waals surface area contributed by atoms with Gasteiger partial charge in [0.05, 0.1) is 17.3 Å². The molecular formula is C19H21N5O2S. The Morgan fingerprint density at radius 2 is 2.11 bits per heavy atom. The highest BCUT2D eigenvalue weighted by atomic mass is 32.1. The number of fused-ring (bicyclic) bond motifs is 1. The van der Waals surface area contributed by atoms with Crippen molar-refractivity contribution in [3.8, 4) is 0 Å². The molecule has 1 N–H and O–H groups in total. The van der Waals surface area contributed by atoms with E-state index in [2.05, 4.69) is 40.4 Å². The summed E-state index contributed by atoms with van der Waals surface area (Å²) in [4.78, 5) is 22.6. The molecule has 0 bridgehead atoms. The van der Waals surface area contributed by atoms with Crippen LogP contribution in [0.5, 0.6) is 0 Å². The highest BCUT2D eigenvalue weighted by molar-refractivity contribution is 7.10. The summed E-state index contributed by atoms with van der Waals surface area (Å²) in [6.45, 7) is 8.74. The molecule has 3 heterocycles. The number of rotatable bonds is 3. The smallest absolute Gasteiger partial charge is 0.414 e. The van der Waals surface area contributed by atoms with Crippen molar-refractivity contribution >= 4 is 45.2 Å². The third kappa shape index (κ3) is 3.44. The normalized spacial score (nSPS) is 17.4. The molecule has 1 atom stereocenters. The standard InChI is InChI=1S/C19H21N5O2S/c1-11-10-26-18(25)24(11)13-6-5-12-9-20-17(21-14(12)7-13)22-16-8-15(23-27-16)19(2,3)4/h5-9,11H,10H2,1-4H3,(H,20,21,22)/t11-/m0/s1. The predicted molar refractivity (Wildman–Crippen MR) is 107 cm³/mol. The predicted octanol–water partition coefficient (Wildman–Crippen LogP) is 4.47. The van der Waals surface area contributed by atoms with Crippen LogP contribution in [0.4, 0.5) is 21.4 Å². The molecule has 1 aliphatic heterocycles. The van der Waals surface area contributed by atoms with Gasteiger partial charge in [0.1, 0.15) is 11.6 Å². The Bertz CT molecular complexity index is 1010. The summed E-state index contributed by atoms with van der Waals surface area (Å²) >= 11 is 1.39. The lowest BCUT2D eigenvalue weighted by Gasteiger charge is -2.18. The fraction of sp³-hybridized carbons (Fsp3) is 0.368. The number of aromatic nitrogens is 3. The van der Waals surface area contributed by atoms with E-state index in [0.717, 1.165) is 27.3 Å². The molecule has 0 unspecified atom stereocenters. The Hall–Kier alpha value is -2.74. The van der Waals surface area contributed by atoms with Crippen LogP contribution in [0.1, 0.15) is 33.4 Å². The minimum Gasteiger partial charge on any atom is -0.447 e. The maximum atomic E-state index is 12.0. The van der Waals surface area contributed by atoms with Gasteiger partial charge in [0.15, 0.2) is 0 Å². The SMILES string of the molecule is C[C@H]1COC(=O)N1c1ccc2cnc(Nc3cc(C(C)(C)C)ns3)nc2c1. The van der Waals surface area contributed by atoms with Gasteiger partial charge >= 0.3 is 6.09 Å². The summed E-state index contributed by atoms with van der Waals surface area (Å²) in [5, 5.41) is 5.03. The minimum atomic E-state index is -0.325. The van der Waals surface area contributed by atoms with Crippen molar-refractivity contribution < 1.29 is 9.53 Å². The number of nitrogens with one attached hydrogen (secondary N) is 1. The van der Waals surface area contributed by atoms with E-state index in [9.17, 15) is 4.79 Å².